The summed E-state index contributed by atoms with van der Waals surface area (Å²) in [6.07, 6.45) is 9.79. The van der Waals surface area contributed by atoms with Gasteiger partial charge >= 0.3 is 0 Å². The minimum Gasteiger partial charge on any atom is -0.367 e. The topological polar surface area (TPSA) is 68.5 Å². The van der Waals surface area contributed by atoms with Crippen LogP contribution in [0.3, 0.4) is 0 Å². The molecule has 0 amide bonds. The maximum atomic E-state index is 4.82. The predicted octanol–water partition coefficient (Wildman–Crippen LogP) is 3.76. The average molecular weight is 342 g/mol. The van der Waals surface area contributed by atoms with Gasteiger partial charge in [0.2, 0.25) is 0 Å². The Morgan fingerprint density at radius 1 is 1.00 bits per heavy atom. The van der Waals surface area contributed by atoms with Crippen molar-refractivity contribution in [3.05, 3.63) is 60.8 Å². The van der Waals surface area contributed by atoms with Gasteiger partial charge in [-0.05, 0) is 50.1 Å². The van der Waals surface area contributed by atoms with Gasteiger partial charge in [-0.1, -0.05) is 0 Å². The lowest BCUT2D eigenvalue weighted by atomic mass is 10.2. The van der Waals surface area contributed by atoms with E-state index in [0.717, 1.165) is 39.6 Å². The number of pyridine rings is 3. The van der Waals surface area contributed by atoms with Gasteiger partial charge < -0.3 is 5.32 Å². The number of aromatic nitrogens is 5. The number of imidazole rings is 1. The summed E-state index contributed by atoms with van der Waals surface area (Å²) in [5.41, 5.74) is 4.75. The molecule has 0 atom stereocenters. The lowest BCUT2D eigenvalue weighted by Crippen LogP contribution is -2.03. The van der Waals surface area contributed by atoms with Crippen LogP contribution < -0.4 is 5.32 Å². The van der Waals surface area contributed by atoms with Gasteiger partial charge in [-0.3, -0.25) is 14.5 Å². The highest BCUT2D eigenvalue weighted by molar-refractivity contribution is 5.82. The van der Waals surface area contributed by atoms with Gasteiger partial charge in [-0.25, -0.2) is 9.97 Å². The maximum absolute atomic E-state index is 4.82. The van der Waals surface area contributed by atoms with E-state index in [0.29, 0.717) is 6.04 Å². The smallest absolute Gasteiger partial charge is 0.147 e. The number of aryl methyl sites for hydroxylation is 1. The molecule has 1 aliphatic carbocycles. The Kier molecular flexibility index (Phi) is 3.41. The summed E-state index contributed by atoms with van der Waals surface area (Å²) in [6, 6.07) is 10.6. The number of nitrogens with zero attached hydrogens (tertiary/aromatic N) is 5. The van der Waals surface area contributed by atoms with Crippen LogP contribution in [-0.4, -0.2) is 30.5 Å². The van der Waals surface area contributed by atoms with E-state index in [2.05, 4.69) is 37.0 Å². The Morgan fingerprint density at radius 3 is 2.65 bits per heavy atom. The van der Waals surface area contributed by atoms with Gasteiger partial charge in [-0.2, -0.15) is 0 Å². The monoisotopic (exact) mass is 342 g/mol. The van der Waals surface area contributed by atoms with Crippen LogP contribution in [0.2, 0.25) is 0 Å². The lowest BCUT2D eigenvalue weighted by molar-refractivity contribution is 1.05. The number of hydrogen-bond acceptors (Lipinski definition) is 5. The van der Waals surface area contributed by atoms with Crippen LogP contribution in [0.1, 0.15) is 18.5 Å². The first-order valence-corrected chi connectivity index (χ1v) is 8.76. The summed E-state index contributed by atoms with van der Waals surface area (Å²) < 4.78 is 2.08. The van der Waals surface area contributed by atoms with Crippen molar-refractivity contribution >= 4 is 16.9 Å². The Labute approximate surface area is 151 Å². The third-order valence-electron chi connectivity index (χ3n) is 4.56. The van der Waals surface area contributed by atoms with Gasteiger partial charge in [0.1, 0.15) is 11.6 Å². The fourth-order valence-electron chi connectivity index (χ4n) is 3.02. The van der Waals surface area contributed by atoms with E-state index in [9.17, 15) is 0 Å². The maximum Gasteiger partial charge on any atom is 0.147 e. The highest BCUT2D eigenvalue weighted by Gasteiger charge is 2.21. The van der Waals surface area contributed by atoms with E-state index < -0.39 is 0 Å². The molecule has 6 nitrogen and oxygen atoms in total. The molecule has 0 spiro atoms. The first-order chi connectivity index (χ1) is 12.8. The van der Waals surface area contributed by atoms with Crippen molar-refractivity contribution in [3.8, 4) is 17.1 Å². The van der Waals surface area contributed by atoms with Crippen molar-refractivity contribution in [2.24, 2.45) is 0 Å². The summed E-state index contributed by atoms with van der Waals surface area (Å²) in [6.45, 7) is 1.98. The molecule has 0 unspecified atom stereocenters. The van der Waals surface area contributed by atoms with Crippen LogP contribution in [-0.2, 0) is 0 Å². The van der Waals surface area contributed by atoms with Crippen molar-refractivity contribution in [2.75, 3.05) is 5.32 Å². The second-order valence-corrected chi connectivity index (χ2v) is 6.64. The molecule has 1 aliphatic rings. The molecule has 1 saturated carbocycles. The van der Waals surface area contributed by atoms with E-state index >= 15 is 0 Å². The SMILES string of the molecule is Cc1ccc(-n2c(-c3ccc(NC4CC4)nc3)nc3ccncc32)cn1. The molecule has 26 heavy (non-hydrogen) atoms. The van der Waals surface area contributed by atoms with E-state index in [4.69, 9.17) is 4.98 Å². The zero-order chi connectivity index (χ0) is 17.5. The number of nitrogens with one attached hydrogen (secondary N) is 1. The minimum absolute atomic E-state index is 0.586. The zero-order valence-corrected chi connectivity index (χ0v) is 14.4. The second kappa shape index (κ2) is 5.91. The first-order valence-electron chi connectivity index (χ1n) is 8.76. The molecular formula is C20H18N6. The first kappa shape index (κ1) is 15.0. The van der Waals surface area contributed by atoms with Crippen molar-refractivity contribution in [2.45, 2.75) is 25.8 Å². The zero-order valence-electron chi connectivity index (χ0n) is 14.4. The molecule has 5 rings (SSSR count). The van der Waals surface area contributed by atoms with E-state index in [1.807, 2.05) is 43.7 Å². The molecule has 6 heteroatoms. The number of hydrogen-bond donors (Lipinski definition) is 1. The van der Waals surface area contributed by atoms with Crippen LogP contribution >= 0.6 is 0 Å². The normalized spacial score (nSPS) is 13.9. The average Bonchev–Trinajstić information content (AvgIpc) is 3.40. The van der Waals surface area contributed by atoms with Crippen molar-refractivity contribution in [1.29, 1.82) is 0 Å². The van der Waals surface area contributed by atoms with Crippen LogP contribution in [0.15, 0.2) is 55.1 Å². The Hall–Kier alpha value is -3.28. The number of rotatable bonds is 4. The van der Waals surface area contributed by atoms with Gasteiger partial charge in [0.25, 0.3) is 0 Å². The van der Waals surface area contributed by atoms with Crippen LogP contribution in [0.5, 0.6) is 0 Å². The minimum atomic E-state index is 0.586. The summed E-state index contributed by atoms with van der Waals surface area (Å²) in [5, 5.41) is 3.42. The highest BCUT2D eigenvalue weighted by atomic mass is 15.1. The van der Waals surface area contributed by atoms with Crippen molar-refractivity contribution in [1.82, 2.24) is 24.5 Å². The molecule has 0 aliphatic heterocycles. The van der Waals surface area contributed by atoms with Crippen molar-refractivity contribution < 1.29 is 0 Å². The molecule has 0 saturated heterocycles. The molecule has 1 fully saturated rings. The van der Waals surface area contributed by atoms with Crippen LogP contribution in [0, 0.1) is 6.92 Å². The van der Waals surface area contributed by atoms with Crippen molar-refractivity contribution in [3.63, 3.8) is 0 Å². The molecule has 4 heterocycles. The van der Waals surface area contributed by atoms with Crippen LogP contribution in [0.25, 0.3) is 28.1 Å². The molecule has 4 aromatic heterocycles. The molecule has 0 aromatic carbocycles. The quantitative estimate of drug-likeness (QED) is 0.611. The Balaban J connectivity index is 1.64. The Bertz CT molecular complexity index is 1060. The molecule has 4 aromatic rings. The standard InChI is InChI=1S/C20H18N6/c1-13-2-6-16(11-22-13)26-18-12-21-9-8-17(18)25-20(26)14-3-7-19(23-10-14)24-15-4-5-15/h2-3,6-12,15H,4-5H2,1H3,(H,23,24). The molecule has 0 radical (unpaired) electrons. The Morgan fingerprint density at radius 2 is 1.92 bits per heavy atom. The third-order valence-corrected chi connectivity index (χ3v) is 4.56. The number of anilines is 1. The number of fused-ring (bicyclic) bond motifs is 1. The predicted molar refractivity (Wildman–Crippen MR) is 101 cm³/mol. The molecule has 128 valence electrons. The van der Waals surface area contributed by atoms with Gasteiger partial charge in [-0.15, -0.1) is 0 Å². The summed E-state index contributed by atoms with van der Waals surface area (Å²) in [4.78, 5) is 18.1. The fourth-order valence-corrected chi connectivity index (χ4v) is 3.02. The van der Waals surface area contributed by atoms with Gasteiger partial charge in [0, 0.05) is 29.7 Å². The van der Waals surface area contributed by atoms with E-state index in [-0.39, 0.29) is 0 Å². The van der Waals surface area contributed by atoms with Gasteiger partial charge in [0.05, 0.1) is 29.1 Å². The summed E-state index contributed by atoms with van der Waals surface area (Å²) >= 11 is 0. The summed E-state index contributed by atoms with van der Waals surface area (Å²) in [5.74, 6) is 1.75. The van der Waals surface area contributed by atoms with Gasteiger partial charge in [0.15, 0.2) is 0 Å². The largest absolute Gasteiger partial charge is 0.367 e. The molecule has 0 bridgehead atoms. The van der Waals surface area contributed by atoms with E-state index in [1.54, 1.807) is 6.20 Å². The second-order valence-electron chi connectivity index (χ2n) is 6.64. The van der Waals surface area contributed by atoms with E-state index in [1.165, 1.54) is 12.8 Å². The molecule has 1 N–H and O–H groups in total. The highest BCUT2D eigenvalue weighted by Crippen LogP contribution is 2.29. The summed E-state index contributed by atoms with van der Waals surface area (Å²) in [7, 11) is 0. The lowest BCUT2D eigenvalue weighted by Gasteiger charge is -2.10. The molecular weight excluding hydrogens is 324 g/mol. The van der Waals surface area contributed by atoms with Crippen LogP contribution in [0.4, 0.5) is 5.82 Å². The fraction of sp³-hybridized carbons (Fsp3) is 0.200. The third kappa shape index (κ3) is 2.69.